The molecule has 2 aromatic heterocycles. The number of piperazine rings is 1. The first-order valence-electron chi connectivity index (χ1n) is 8.68. The largest absolute Gasteiger partial charge is 0.367 e. The molecule has 6 heteroatoms. The van der Waals surface area contributed by atoms with Crippen molar-refractivity contribution < 1.29 is 4.39 Å². The molecule has 0 amide bonds. The van der Waals surface area contributed by atoms with Gasteiger partial charge in [0.25, 0.3) is 0 Å². The van der Waals surface area contributed by atoms with Crippen molar-refractivity contribution in [3.63, 3.8) is 0 Å². The normalized spacial score (nSPS) is 15.3. The molecule has 0 saturated carbocycles. The quantitative estimate of drug-likeness (QED) is 0.681. The van der Waals surface area contributed by atoms with Crippen molar-refractivity contribution in [3.05, 3.63) is 48.2 Å². The first-order valence-corrected chi connectivity index (χ1v) is 8.68. The van der Waals surface area contributed by atoms with E-state index < -0.39 is 0 Å². The smallest absolute Gasteiger partial charge is 0.164 e. The predicted molar refractivity (Wildman–Crippen MR) is 101 cm³/mol. The van der Waals surface area contributed by atoms with Gasteiger partial charge in [0.15, 0.2) is 5.65 Å². The van der Waals surface area contributed by atoms with Crippen molar-refractivity contribution in [1.29, 1.82) is 0 Å². The van der Waals surface area contributed by atoms with E-state index in [1.165, 1.54) is 0 Å². The van der Waals surface area contributed by atoms with Crippen LogP contribution < -0.4 is 4.90 Å². The van der Waals surface area contributed by atoms with Crippen LogP contribution in [-0.2, 0) is 0 Å². The van der Waals surface area contributed by atoms with Crippen molar-refractivity contribution in [2.45, 2.75) is 6.92 Å². The van der Waals surface area contributed by atoms with E-state index in [1.54, 1.807) is 12.3 Å². The van der Waals surface area contributed by atoms with Gasteiger partial charge in [-0.15, -0.1) is 6.42 Å². The van der Waals surface area contributed by atoms with Gasteiger partial charge in [-0.1, -0.05) is 5.92 Å². The Morgan fingerprint density at radius 3 is 2.73 bits per heavy atom. The molecule has 26 heavy (non-hydrogen) atoms. The van der Waals surface area contributed by atoms with Crippen molar-refractivity contribution in [1.82, 2.24) is 19.4 Å². The lowest BCUT2D eigenvalue weighted by molar-refractivity contribution is 0.287. The zero-order chi connectivity index (χ0) is 18.1. The highest BCUT2D eigenvalue weighted by molar-refractivity contribution is 5.74. The maximum absolute atomic E-state index is 14.9. The van der Waals surface area contributed by atoms with Crippen LogP contribution in [0.3, 0.4) is 0 Å². The summed E-state index contributed by atoms with van der Waals surface area (Å²) in [6.07, 6.45) is 7.09. The average Bonchev–Trinajstić information content (AvgIpc) is 2.98. The number of hydrogen-bond donors (Lipinski definition) is 0. The van der Waals surface area contributed by atoms with E-state index in [0.29, 0.717) is 12.2 Å². The molecule has 0 unspecified atom stereocenters. The molecular formula is C20H20FN5. The SMILES string of the molecule is C#CCN1CCN(c2ccc(-n3c(C)nc4cccnc43)cc2F)CC1. The number of nitrogens with zero attached hydrogens (tertiary/aromatic N) is 5. The van der Waals surface area contributed by atoms with Gasteiger partial charge in [-0.05, 0) is 31.2 Å². The van der Waals surface area contributed by atoms with E-state index in [0.717, 1.165) is 48.9 Å². The standard InChI is InChI=1S/C20H20FN5/c1-3-9-24-10-12-25(13-11-24)19-7-6-16(14-17(19)21)26-15(2)23-18-5-4-8-22-20(18)26/h1,4-8,14H,9-13H2,2H3. The van der Waals surface area contributed by atoms with Gasteiger partial charge in [-0.25, -0.2) is 14.4 Å². The fourth-order valence-corrected chi connectivity index (χ4v) is 3.50. The topological polar surface area (TPSA) is 37.2 Å². The monoisotopic (exact) mass is 349 g/mol. The van der Waals surface area contributed by atoms with Crippen molar-refractivity contribution in [3.8, 4) is 18.0 Å². The van der Waals surface area contributed by atoms with Crippen LogP contribution in [0.1, 0.15) is 5.82 Å². The van der Waals surface area contributed by atoms with Crippen LogP contribution in [0.5, 0.6) is 0 Å². The second-order valence-electron chi connectivity index (χ2n) is 6.44. The van der Waals surface area contributed by atoms with Gasteiger partial charge < -0.3 is 4.90 Å². The zero-order valence-electron chi connectivity index (χ0n) is 14.7. The van der Waals surface area contributed by atoms with Crippen LogP contribution in [-0.4, -0.2) is 52.2 Å². The van der Waals surface area contributed by atoms with Crippen molar-refractivity contribution in [2.24, 2.45) is 0 Å². The molecule has 1 aliphatic heterocycles. The van der Waals surface area contributed by atoms with Crippen LogP contribution in [0.2, 0.25) is 0 Å². The summed E-state index contributed by atoms with van der Waals surface area (Å²) in [5, 5.41) is 0. The summed E-state index contributed by atoms with van der Waals surface area (Å²) in [5.74, 6) is 3.22. The molecule has 4 rings (SSSR count). The molecular weight excluding hydrogens is 329 g/mol. The first-order chi connectivity index (χ1) is 12.7. The number of hydrogen-bond acceptors (Lipinski definition) is 4. The Hall–Kier alpha value is -2.91. The summed E-state index contributed by atoms with van der Waals surface area (Å²) < 4.78 is 16.7. The van der Waals surface area contributed by atoms with Crippen LogP contribution >= 0.6 is 0 Å². The molecule has 132 valence electrons. The Morgan fingerprint density at radius 2 is 2.00 bits per heavy atom. The maximum atomic E-state index is 14.9. The Kier molecular flexibility index (Phi) is 4.31. The number of aryl methyl sites for hydroxylation is 1. The molecule has 1 fully saturated rings. The summed E-state index contributed by atoms with van der Waals surface area (Å²) in [6, 6.07) is 9.09. The predicted octanol–water partition coefficient (Wildman–Crippen LogP) is 2.62. The maximum Gasteiger partial charge on any atom is 0.164 e. The molecule has 1 aliphatic rings. The van der Waals surface area contributed by atoms with E-state index in [9.17, 15) is 4.39 Å². The third-order valence-electron chi connectivity index (χ3n) is 4.80. The second-order valence-corrected chi connectivity index (χ2v) is 6.44. The number of fused-ring (bicyclic) bond motifs is 1. The number of rotatable bonds is 3. The highest BCUT2D eigenvalue weighted by atomic mass is 19.1. The number of benzene rings is 1. The molecule has 0 N–H and O–H groups in total. The Labute approximate surface area is 152 Å². The van der Waals surface area contributed by atoms with Gasteiger partial charge in [0, 0.05) is 38.4 Å². The van der Waals surface area contributed by atoms with Crippen LogP contribution in [0.4, 0.5) is 10.1 Å². The molecule has 5 nitrogen and oxygen atoms in total. The number of anilines is 1. The summed E-state index contributed by atoms with van der Waals surface area (Å²) in [6.45, 7) is 5.79. The van der Waals surface area contributed by atoms with Gasteiger partial charge in [-0.3, -0.25) is 9.47 Å². The fraction of sp³-hybridized carbons (Fsp3) is 0.300. The van der Waals surface area contributed by atoms with Gasteiger partial charge in [0.2, 0.25) is 0 Å². The van der Waals surface area contributed by atoms with E-state index >= 15 is 0 Å². The molecule has 0 atom stereocenters. The molecule has 0 bridgehead atoms. The van der Waals surface area contributed by atoms with E-state index in [-0.39, 0.29) is 5.82 Å². The molecule has 1 aromatic carbocycles. The van der Waals surface area contributed by atoms with Gasteiger partial charge in [0.1, 0.15) is 17.2 Å². The average molecular weight is 349 g/mol. The highest BCUT2D eigenvalue weighted by Crippen LogP contribution is 2.26. The number of terminal acetylenes is 1. The second kappa shape index (κ2) is 6.77. The number of halogens is 1. The van der Waals surface area contributed by atoms with Crippen LogP contribution in [0.15, 0.2) is 36.5 Å². The first kappa shape index (κ1) is 16.6. The summed E-state index contributed by atoms with van der Waals surface area (Å²) in [4.78, 5) is 13.2. The van der Waals surface area contributed by atoms with Gasteiger partial charge >= 0.3 is 0 Å². The lowest BCUT2D eigenvalue weighted by Crippen LogP contribution is -2.46. The van der Waals surface area contributed by atoms with Gasteiger partial charge in [0.05, 0.1) is 17.9 Å². The van der Waals surface area contributed by atoms with Crippen LogP contribution in [0.25, 0.3) is 16.9 Å². The van der Waals surface area contributed by atoms with E-state index in [4.69, 9.17) is 6.42 Å². The van der Waals surface area contributed by atoms with E-state index in [2.05, 4.69) is 25.7 Å². The Balaban J connectivity index is 1.63. The highest BCUT2D eigenvalue weighted by Gasteiger charge is 2.20. The summed E-state index contributed by atoms with van der Waals surface area (Å²) >= 11 is 0. The van der Waals surface area contributed by atoms with Crippen molar-refractivity contribution >= 4 is 16.9 Å². The number of aromatic nitrogens is 3. The minimum absolute atomic E-state index is 0.231. The molecule has 1 saturated heterocycles. The lowest BCUT2D eigenvalue weighted by Gasteiger charge is -2.35. The number of pyridine rings is 1. The van der Waals surface area contributed by atoms with Gasteiger partial charge in [-0.2, -0.15) is 0 Å². The fourth-order valence-electron chi connectivity index (χ4n) is 3.50. The Morgan fingerprint density at radius 1 is 1.19 bits per heavy atom. The van der Waals surface area contributed by atoms with Crippen LogP contribution in [0, 0.1) is 25.1 Å². The Bertz CT molecular complexity index is 980. The lowest BCUT2D eigenvalue weighted by atomic mass is 10.2. The third-order valence-corrected chi connectivity index (χ3v) is 4.80. The molecule has 3 aromatic rings. The zero-order valence-corrected chi connectivity index (χ0v) is 14.7. The molecule has 0 aliphatic carbocycles. The third kappa shape index (κ3) is 2.91. The minimum Gasteiger partial charge on any atom is -0.367 e. The minimum atomic E-state index is -0.231. The summed E-state index contributed by atoms with van der Waals surface area (Å²) in [5.41, 5.74) is 2.90. The molecule has 0 spiro atoms. The van der Waals surface area contributed by atoms with E-state index in [1.807, 2.05) is 35.8 Å². The molecule has 3 heterocycles. The molecule has 0 radical (unpaired) electrons. The number of imidazole rings is 1. The summed E-state index contributed by atoms with van der Waals surface area (Å²) in [7, 11) is 0. The van der Waals surface area contributed by atoms with Crippen molar-refractivity contribution in [2.75, 3.05) is 37.6 Å².